The van der Waals surface area contributed by atoms with Crippen molar-refractivity contribution in [1.82, 2.24) is 4.98 Å². The van der Waals surface area contributed by atoms with Crippen LogP contribution in [0.4, 0.5) is 0 Å². The number of pyridine rings is 1. The predicted octanol–water partition coefficient (Wildman–Crippen LogP) is 2.86. The zero-order valence-corrected chi connectivity index (χ0v) is 9.73. The average molecular weight is 233 g/mol. The van der Waals surface area contributed by atoms with Crippen molar-refractivity contribution in [3.63, 3.8) is 0 Å². The van der Waals surface area contributed by atoms with Gasteiger partial charge >= 0.3 is 0 Å². The standard InChI is InChI=1S/C16H11NO/c1-2-5-11-8-9-13-15(10-11)17-14-7-4-3-6-12(14)16(13)18/h1,3-4,6-10H,5H2,(H,17,18). The Morgan fingerprint density at radius 3 is 2.67 bits per heavy atom. The van der Waals surface area contributed by atoms with E-state index in [9.17, 15) is 4.79 Å². The fourth-order valence-electron chi connectivity index (χ4n) is 2.20. The molecule has 0 saturated carbocycles. The molecule has 2 aromatic carbocycles. The summed E-state index contributed by atoms with van der Waals surface area (Å²) in [4.78, 5) is 15.6. The maximum absolute atomic E-state index is 12.3. The fraction of sp³-hybridized carbons (Fsp3) is 0.0625. The van der Waals surface area contributed by atoms with Gasteiger partial charge in [0.2, 0.25) is 0 Å². The molecule has 1 aromatic heterocycles. The van der Waals surface area contributed by atoms with Gasteiger partial charge in [0.1, 0.15) is 0 Å². The number of fused-ring (bicyclic) bond motifs is 2. The maximum Gasteiger partial charge on any atom is 0.197 e. The first-order valence-corrected chi connectivity index (χ1v) is 5.77. The molecule has 0 aliphatic rings. The van der Waals surface area contributed by atoms with E-state index in [0.717, 1.165) is 22.0 Å². The third-order valence-corrected chi connectivity index (χ3v) is 3.08. The van der Waals surface area contributed by atoms with E-state index in [1.165, 1.54) is 0 Å². The van der Waals surface area contributed by atoms with Crippen LogP contribution < -0.4 is 5.43 Å². The number of hydrogen-bond donors (Lipinski definition) is 1. The van der Waals surface area contributed by atoms with Crippen molar-refractivity contribution in [2.24, 2.45) is 0 Å². The summed E-state index contributed by atoms with van der Waals surface area (Å²) in [5, 5.41) is 1.42. The topological polar surface area (TPSA) is 32.9 Å². The lowest BCUT2D eigenvalue weighted by molar-refractivity contribution is 1.32. The summed E-state index contributed by atoms with van der Waals surface area (Å²) in [5.41, 5.74) is 2.79. The molecule has 0 bridgehead atoms. The summed E-state index contributed by atoms with van der Waals surface area (Å²) < 4.78 is 0. The van der Waals surface area contributed by atoms with Gasteiger partial charge in [-0.3, -0.25) is 4.79 Å². The predicted molar refractivity (Wildman–Crippen MR) is 74.6 cm³/mol. The van der Waals surface area contributed by atoms with E-state index in [0.29, 0.717) is 11.8 Å². The van der Waals surface area contributed by atoms with Crippen molar-refractivity contribution in [3.05, 3.63) is 58.3 Å². The SMILES string of the molecule is C#CCc1ccc2c(=O)c3ccccc3[nH]c2c1. The molecule has 0 spiro atoms. The Morgan fingerprint density at radius 2 is 1.83 bits per heavy atom. The Balaban J connectivity index is 2.41. The van der Waals surface area contributed by atoms with Gasteiger partial charge in [-0.15, -0.1) is 12.3 Å². The first-order chi connectivity index (χ1) is 8.79. The molecule has 0 aliphatic carbocycles. The van der Waals surface area contributed by atoms with E-state index in [1.807, 2.05) is 42.5 Å². The lowest BCUT2D eigenvalue weighted by Crippen LogP contribution is -2.04. The van der Waals surface area contributed by atoms with Gasteiger partial charge in [0.05, 0.1) is 5.52 Å². The van der Waals surface area contributed by atoms with Crippen LogP contribution in [0.3, 0.4) is 0 Å². The minimum Gasteiger partial charge on any atom is -0.354 e. The van der Waals surface area contributed by atoms with Crippen molar-refractivity contribution >= 4 is 21.8 Å². The third-order valence-electron chi connectivity index (χ3n) is 3.08. The number of H-pyrrole nitrogens is 1. The third kappa shape index (κ3) is 1.57. The summed E-state index contributed by atoms with van der Waals surface area (Å²) in [5.74, 6) is 2.61. The van der Waals surface area contributed by atoms with E-state index >= 15 is 0 Å². The number of aromatic nitrogens is 1. The van der Waals surface area contributed by atoms with Crippen LogP contribution in [0.25, 0.3) is 21.8 Å². The number of para-hydroxylation sites is 1. The Kier molecular flexibility index (Phi) is 2.39. The van der Waals surface area contributed by atoms with Crippen LogP contribution in [0.1, 0.15) is 5.56 Å². The van der Waals surface area contributed by atoms with Gasteiger partial charge in [-0.2, -0.15) is 0 Å². The van der Waals surface area contributed by atoms with Crippen LogP contribution in [0.2, 0.25) is 0 Å². The molecule has 1 heterocycles. The summed E-state index contributed by atoms with van der Waals surface area (Å²) in [6, 6.07) is 13.2. The lowest BCUT2D eigenvalue weighted by atomic mass is 10.1. The number of rotatable bonds is 1. The molecule has 0 radical (unpaired) electrons. The highest BCUT2D eigenvalue weighted by molar-refractivity contribution is 5.92. The molecule has 18 heavy (non-hydrogen) atoms. The highest BCUT2D eigenvalue weighted by Gasteiger charge is 2.04. The van der Waals surface area contributed by atoms with Crippen LogP contribution in [0, 0.1) is 12.3 Å². The molecule has 0 saturated heterocycles. The highest BCUT2D eigenvalue weighted by Crippen LogP contribution is 2.16. The second kappa shape index (κ2) is 4.05. The molecule has 86 valence electrons. The van der Waals surface area contributed by atoms with Crippen LogP contribution in [0.15, 0.2) is 47.3 Å². The molecule has 1 N–H and O–H groups in total. The number of benzene rings is 2. The van der Waals surface area contributed by atoms with Gasteiger partial charge in [0.15, 0.2) is 5.43 Å². The van der Waals surface area contributed by atoms with Crippen molar-refractivity contribution in [2.45, 2.75) is 6.42 Å². The molecule has 0 amide bonds. The molecule has 3 aromatic rings. The van der Waals surface area contributed by atoms with Gasteiger partial charge in [0.25, 0.3) is 0 Å². The Bertz CT molecular complexity index is 837. The van der Waals surface area contributed by atoms with Gasteiger partial charge in [-0.1, -0.05) is 18.2 Å². The summed E-state index contributed by atoms with van der Waals surface area (Å²) in [6.45, 7) is 0. The number of nitrogens with one attached hydrogen (secondary N) is 1. The Morgan fingerprint density at radius 1 is 1.06 bits per heavy atom. The highest BCUT2D eigenvalue weighted by atomic mass is 16.1. The summed E-state index contributed by atoms with van der Waals surface area (Å²) in [6.07, 6.45) is 5.88. The van der Waals surface area contributed by atoms with Gasteiger partial charge < -0.3 is 4.98 Å². The van der Waals surface area contributed by atoms with E-state index < -0.39 is 0 Å². The fourth-order valence-corrected chi connectivity index (χ4v) is 2.20. The van der Waals surface area contributed by atoms with E-state index in [4.69, 9.17) is 6.42 Å². The van der Waals surface area contributed by atoms with Crippen molar-refractivity contribution < 1.29 is 0 Å². The Hall–Kier alpha value is -2.53. The largest absolute Gasteiger partial charge is 0.354 e. The number of aromatic amines is 1. The number of hydrogen-bond acceptors (Lipinski definition) is 1. The van der Waals surface area contributed by atoms with Crippen LogP contribution in [-0.2, 0) is 6.42 Å². The Labute approximate surface area is 104 Å². The second-order valence-electron chi connectivity index (χ2n) is 4.26. The van der Waals surface area contributed by atoms with Crippen molar-refractivity contribution in [1.29, 1.82) is 0 Å². The molecule has 0 atom stereocenters. The quantitative estimate of drug-likeness (QED) is 0.509. The molecular formula is C16H11NO. The summed E-state index contributed by atoms with van der Waals surface area (Å²) >= 11 is 0. The minimum atomic E-state index is 0.0617. The molecule has 3 rings (SSSR count). The molecule has 0 unspecified atom stereocenters. The zero-order valence-electron chi connectivity index (χ0n) is 9.73. The molecule has 2 nitrogen and oxygen atoms in total. The van der Waals surface area contributed by atoms with E-state index in [1.54, 1.807) is 0 Å². The monoisotopic (exact) mass is 233 g/mol. The lowest BCUT2D eigenvalue weighted by Gasteiger charge is -2.04. The zero-order chi connectivity index (χ0) is 12.5. The normalized spacial score (nSPS) is 10.6. The van der Waals surface area contributed by atoms with Crippen molar-refractivity contribution in [2.75, 3.05) is 0 Å². The first kappa shape index (κ1) is 10.6. The van der Waals surface area contributed by atoms with Crippen molar-refractivity contribution in [3.8, 4) is 12.3 Å². The maximum atomic E-state index is 12.3. The molecular weight excluding hydrogens is 222 g/mol. The smallest absolute Gasteiger partial charge is 0.197 e. The van der Waals surface area contributed by atoms with E-state index in [-0.39, 0.29) is 5.43 Å². The van der Waals surface area contributed by atoms with Gasteiger partial charge in [-0.25, -0.2) is 0 Å². The van der Waals surface area contributed by atoms with Crippen LogP contribution >= 0.6 is 0 Å². The molecule has 0 fully saturated rings. The molecule has 0 aliphatic heterocycles. The van der Waals surface area contributed by atoms with Crippen LogP contribution in [0.5, 0.6) is 0 Å². The molecule has 2 heteroatoms. The second-order valence-corrected chi connectivity index (χ2v) is 4.26. The number of terminal acetylenes is 1. The van der Waals surface area contributed by atoms with Crippen LogP contribution in [-0.4, -0.2) is 4.98 Å². The van der Waals surface area contributed by atoms with Gasteiger partial charge in [-0.05, 0) is 29.8 Å². The summed E-state index contributed by atoms with van der Waals surface area (Å²) in [7, 11) is 0. The van der Waals surface area contributed by atoms with E-state index in [2.05, 4.69) is 10.9 Å². The average Bonchev–Trinajstić information content (AvgIpc) is 2.39. The minimum absolute atomic E-state index is 0.0617. The van der Waals surface area contributed by atoms with Gasteiger partial charge in [0, 0.05) is 22.7 Å². The first-order valence-electron chi connectivity index (χ1n) is 5.77.